The van der Waals surface area contributed by atoms with E-state index in [2.05, 4.69) is 6.58 Å². The maximum atomic E-state index is 10.3. The van der Waals surface area contributed by atoms with Crippen LogP contribution in [0.1, 0.15) is 28.4 Å². The molecule has 92 valence electrons. The summed E-state index contributed by atoms with van der Waals surface area (Å²) in [5, 5.41) is 10.3. The van der Waals surface area contributed by atoms with Crippen molar-refractivity contribution < 1.29 is 5.11 Å². The Balaban J connectivity index is 2.24. The van der Waals surface area contributed by atoms with E-state index in [-0.39, 0.29) is 0 Å². The molecule has 0 radical (unpaired) electrons. The third-order valence-corrected chi connectivity index (χ3v) is 3.24. The lowest BCUT2D eigenvalue weighted by Crippen LogP contribution is -2.04. The van der Waals surface area contributed by atoms with Gasteiger partial charge in [-0.15, -0.1) is 0 Å². The first-order valence-corrected chi connectivity index (χ1v) is 6.16. The second-order valence-electron chi connectivity index (χ2n) is 4.48. The average Bonchev–Trinajstić information content (AvgIpc) is 2.39. The molecule has 0 fully saturated rings. The van der Waals surface area contributed by atoms with Crippen LogP contribution in [0.15, 0.2) is 55.1 Å². The maximum Gasteiger partial charge on any atom is 0.0833 e. The summed E-state index contributed by atoms with van der Waals surface area (Å²) in [4.78, 5) is 0. The summed E-state index contributed by atoms with van der Waals surface area (Å²) >= 11 is 0. The molecule has 0 aliphatic carbocycles. The molecule has 0 aliphatic rings. The summed E-state index contributed by atoms with van der Waals surface area (Å²) < 4.78 is 0. The van der Waals surface area contributed by atoms with Crippen LogP contribution in [0.4, 0.5) is 0 Å². The SMILES string of the molecule is C=Cc1ccccc1CC(O)c1ccccc1C. The van der Waals surface area contributed by atoms with Gasteiger partial charge in [-0.25, -0.2) is 0 Å². The molecule has 0 spiro atoms. The zero-order valence-electron chi connectivity index (χ0n) is 10.6. The predicted octanol–water partition coefficient (Wildman–Crippen LogP) is 3.91. The fourth-order valence-electron chi connectivity index (χ4n) is 2.20. The summed E-state index contributed by atoms with van der Waals surface area (Å²) in [5.74, 6) is 0. The quantitative estimate of drug-likeness (QED) is 0.856. The van der Waals surface area contributed by atoms with Gasteiger partial charge < -0.3 is 5.11 Å². The number of benzene rings is 2. The van der Waals surface area contributed by atoms with Crippen LogP contribution < -0.4 is 0 Å². The number of aliphatic hydroxyl groups is 1. The summed E-state index contributed by atoms with van der Waals surface area (Å²) in [6.07, 6.45) is 1.99. The van der Waals surface area contributed by atoms with E-state index in [1.807, 2.05) is 61.5 Å². The van der Waals surface area contributed by atoms with E-state index in [1.165, 1.54) is 0 Å². The third kappa shape index (κ3) is 2.69. The zero-order chi connectivity index (χ0) is 13.0. The van der Waals surface area contributed by atoms with Gasteiger partial charge >= 0.3 is 0 Å². The summed E-state index contributed by atoms with van der Waals surface area (Å²) in [6.45, 7) is 5.83. The van der Waals surface area contributed by atoms with Crippen LogP contribution in [0.2, 0.25) is 0 Å². The highest BCUT2D eigenvalue weighted by molar-refractivity contribution is 5.52. The highest BCUT2D eigenvalue weighted by atomic mass is 16.3. The minimum absolute atomic E-state index is 0.465. The van der Waals surface area contributed by atoms with Crippen molar-refractivity contribution in [3.8, 4) is 0 Å². The number of rotatable bonds is 4. The first-order chi connectivity index (χ1) is 8.72. The second-order valence-corrected chi connectivity index (χ2v) is 4.48. The topological polar surface area (TPSA) is 20.2 Å². The number of aliphatic hydroxyl groups excluding tert-OH is 1. The van der Waals surface area contributed by atoms with Crippen molar-refractivity contribution in [2.75, 3.05) is 0 Å². The van der Waals surface area contributed by atoms with Crippen molar-refractivity contribution in [3.63, 3.8) is 0 Å². The maximum absolute atomic E-state index is 10.3. The van der Waals surface area contributed by atoms with Crippen LogP contribution >= 0.6 is 0 Å². The van der Waals surface area contributed by atoms with Crippen molar-refractivity contribution in [1.29, 1.82) is 0 Å². The van der Waals surface area contributed by atoms with Crippen molar-refractivity contribution in [2.45, 2.75) is 19.4 Å². The molecule has 1 heteroatoms. The van der Waals surface area contributed by atoms with E-state index in [9.17, 15) is 5.11 Å². The van der Waals surface area contributed by atoms with Gasteiger partial charge in [0.15, 0.2) is 0 Å². The van der Waals surface area contributed by atoms with E-state index in [0.717, 1.165) is 22.3 Å². The van der Waals surface area contributed by atoms with Gasteiger partial charge in [0.1, 0.15) is 0 Å². The Morgan fingerprint density at radius 2 is 1.78 bits per heavy atom. The lowest BCUT2D eigenvalue weighted by molar-refractivity contribution is 0.177. The highest BCUT2D eigenvalue weighted by Gasteiger charge is 2.11. The van der Waals surface area contributed by atoms with Gasteiger partial charge in [-0.1, -0.05) is 61.2 Å². The van der Waals surface area contributed by atoms with Gasteiger partial charge in [0, 0.05) is 6.42 Å². The van der Waals surface area contributed by atoms with Gasteiger partial charge in [-0.2, -0.15) is 0 Å². The van der Waals surface area contributed by atoms with Crippen molar-refractivity contribution in [2.24, 2.45) is 0 Å². The summed E-state index contributed by atoms with van der Waals surface area (Å²) in [7, 11) is 0. The summed E-state index contributed by atoms with van der Waals surface area (Å²) in [5.41, 5.74) is 4.34. The van der Waals surface area contributed by atoms with E-state index >= 15 is 0 Å². The second kappa shape index (κ2) is 5.65. The number of aryl methyl sites for hydroxylation is 1. The van der Waals surface area contributed by atoms with Crippen LogP contribution in [-0.4, -0.2) is 5.11 Å². The Labute approximate surface area is 108 Å². The molecule has 2 aromatic carbocycles. The Morgan fingerprint density at radius 3 is 2.50 bits per heavy atom. The normalized spacial score (nSPS) is 12.1. The van der Waals surface area contributed by atoms with Crippen LogP contribution in [-0.2, 0) is 6.42 Å². The van der Waals surface area contributed by atoms with E-state index in [0.29, 0.717) is 6.42 Å². The molecule has 0 saturated heterocycles. The third-order valence-electron chi connectivity index (χ3n) is 3.24. The first kappa shape index (κ1) is 12.6. The Kier molecular flexibility index (Phi) is 3.96. The molecule has 0 saturated carbocycles. The Hall–Kier alpha value is -1.86. The van der Waals surface area contributed by atoms with Gasteiger partial charge in [-0.05, 0) is 29.2 Å². The molecule has 0 amide bonds. The summed E-state index contributed by atoms with van der Waals surface area (Å²) in [6, 6.07) is 16.0. The van der Waals surface area contributed by atoms with Crippen molar-refractivity contribution in [1.82, 2.24) is 0 Å². The van der Waals surface area contributed by atoms with Gasteiger partial charge in [0.05, 0.1) is 6.10 Å². The monoisotopic (exact) mass is 238 g/mol. The first-order valence-electron chi connectivity index (χ1n) is 6.16. The van der Waals surface area contributed by atoms with Crippen LogP contribution in [0.3, 0.4) is 0 Å². The molecule has 0 aromatic heterocycles. The number of hydrogen-bond donors (Lipinski definition) is 1. The van der Waals surface area contributed by atoms with E-state index in [4.69, 9.17) is 0 Å². The molecule has 1 atom stereocenters. The molecule has 1 unspecified atom stereocenters. The minimum Gasteiger partial charge on any atom is -0.388 e. The lowest BCUT2D eigenvalue weighted by Gasteiger charge is -2.15. The largest absolute Gasteiger partial charge is 0.388 e. The highest BCUT2D eigenvalue weighted by Crippen LogP contribution is 2.23. The molecule has 18 heavy (non-hydrogen) atoms. The molecule has 2 rings (SSSR count). The molecule has 0 heterocycles. The van der Waals surface area contributed by atoms with Crippen LogP contribution in [0.5, 0.6) is 0 Å². The number of hydrogen-bond acceptors (Lipinski definition) is 1. The molecule has 1 N–H and O–H groups in total. The standard InChI is InChI=1S/C17H18O/c1-3-14-9-5-6-10-15(14)12-17(18)16-11-7-4-8-13(16)2/h3-11,17-18H,1,12H2,2H3. The van der Waals surface area contributed by atoms with Gasteiger partial charge in [-0.3, -0.25) is 0 Å². The Bertz CT molecular complexity index is 543. The smallest absolute Gasteiger partial charge is 0.0833 e. The Morgan fingerprint density at radius 1 is 1.11 bits per heavy atom. The van der Waals surface area contributed by atoms with Crippen LogP contribution in [0.25, 0.3) is 6.08 Å². The molecule has 1 nitrogen and oxygen atoms in total. The predicted molar refractivity (Wildman–Crippen MR) is 76.4 cm³/mol. The molecule has 0 aliphatic heterocycles. The minimum atomic E-state index is -0.465. The van der Waals surface area contributed by atoms with Gasteiger partial charge in [0.2, 0.25) is 0 Å². The average molecular weight is 238 g/mol. The van der Waals surface area contributed by atoms with E-state index < -0.39 is 6.10 Å². The fourth-order valence-corrected chi connectivity index (χ4v) is 2.20. The lowest BCUT2D eigenvalue weighted by atomic mass is 9.95. The molecule has 0 bridgehead atoms. The fraction of sp³-hybridized carbons (Fsp3) is 0.176. The van der Waals surface area contributed by atoms with E-state index in [1.54, 1.807) is 0 Å². The molecule has 2 aromatic rings. The molecular weight excluding hydrogens is 220 g/mol. The van der Waals surface area contributed by atoms with Crippen LogP contribution in [0, 0.1) is 6.92 Å². The molecular formula is C17H18O. The van der Waals surface area contributed by atoms with Gasteiger partial charge in [0.25, 0.3) is 0 Å². The van der Waals surface area contributed by atoms with Crippen molar-refractivity contribution >= 4 is 6.08 Å². The van der Waals surface area contributed by atoms with Crippen molar-refractivity contribution in [3.05, 3.63) is 77.4 Å². The zero-order valence-corrected chi connectivity index (χ0v) is 10.6.